The molecule has 0 aromatic rings. The lowest BCUT2D eigenvalue weighted by Gasteiger charge is -2.40. The summed E-state index contributed by atoms with van der Waals surface area (Å²) in [6.07, 6.45) is 2.96. The van der Waals surface area contributed by atoms with Crippen LogP contribution < -0.4 is 11.3 Å². The van der Waals surface area contributed by atoms with Crippen molar-refractivity contribution in [3.8, 4) is 0 Å². The van der Waals surface area contributed by atoms with E-state index in [1.807, 2.05) is 20.8 Å². The molecule has 1 saturated heterocycles. The van der Waals surface area contributed by atoms with Gasteiger partial charge in [0.25, 0.3) is 0 Å². The van der Waals surface area contributed by atoms with Gasteiger partial charge in [-0.15, -0.1) is 0 Å². The molecule has 1 aliphatic carbocycles. The van der Waals surface area contributed by atoms with Gasteiger partial charge in [0.1, 0.15) is 5.60 Å². The van der Waals surface area contributed by atoms with Crippen molar-refractivity contribution in [2.24, 2.45) is 11.8 Å². The summed E-state index contributed by atoms with van der Waals surface area (Å²) in [4.78, 5) is 25.6. The number of carbonyl (C=O) groups is 2. The quantitative estimate of drug-likeness (QED) is 0.425. The Kier molecular flexibility index (Phi) is 3.47. The molecule has 1 unspecified atom stereocenters. The zero-order valence-electron chi connectivity index (χ0n) is 11.9. The molecule has 108 valence electrons. The number of hydrogen-bond acceptors (Lipinski definition) is 4. The van der Waals surface area contributed by atoms with Gasteiger partial charge in [-0.3, -0.25) is 10.2 Å². The molecule has 1 spiro atoms. The largest absolute Gasteiger partial charge is 0.444 e. The molecule has 0 bridgehead atoms. The molecule has 2 aliphatic rings. The van der Waals surface area contributed by atoms with Gasteiger partial charge < -0.3 is 9.64 Å². The lowest BCUT2D eigenvalue weighted by molar-refractivity contribution is -0.127. The molecular weight excluding hydrogens is 246 g/mol. The summed E-state index contributed by atoms with van der Waals surface area (Å²) in [5.41, 5.74) is 1.55. The van der Waals surface area contributed by atoms with Crippen molar-refractivity contribution >= 4 is 12.0 Å². The normalized spacial score (nSPS) is 25.1. The number of piperidine rings is 1. The van der Waals surface area contributed by atoms with Crippen molar-refractivity contribution in [1.29, 1.82) is 0 Å². The average molecular weight is 269 g/mol. The van der Waals surface area contributed by atoms with Gasteiger partial charge in [-0.2, -0.15) is 0 Å². The van der Waals surface area contributed by atoms with E-state index in [1.165, 1.54) is 0 Å². The second kappa shape index (κ2) is 4.67. The molecule has 0 radical (unpaired) electrons. The van der Waals surface area contributed by atoms with Crippen molar-refractivity contribution in [3.63, 3.8) is 0 Å². The number of nitrogens with one attached hydrogen (secondary N) is 1. The highest BCUT2D eigenvalue weighted by atomic mass is 16.6. The van der Waals surface area contributed by atoms with E-state index in [0.717, 1.165) is 12.8 Å². The maximum Gasteiger partial charge on any atom is 0.410 e. The van der Waals surface area contributed by atoms with Gasteiger partial charge in [-0.1, -0.05) is 0 Å². The Morgan fingerprint density at radius 3 is 2.47 bits per heavy atom. The maximum absolute atomic E-state index is 12.2. The summed E-state index contributed by atoms with van der Waals surface area (Å²) in [5, 5.41) is 0. The standard InChI is InChI=1S/C13H23N3O3/c1-12(2,3)19-11(18)16-7-4-9(10(17)15-14)8-13(16)5-6-13/h9H,4-8,14H2,1-3H3,(H,15,17). The fourth-order valence-electron chi connectivity index (χ4n) is 2.75. The number of rotatable bonds is 1. The maximum atomic E-state index is 12.2. The van der Waals surface area contributed by atoms with Gasteiger partial charge in [0, 0.05) is 18.0 Å². The molecule has 2 amide bonds. The fraction of sp³-hybridized carbons (Fsp3) is 0.846. The molecule has 0 aromatic heterocycles. The topological polar surface area (TPSA) is 84.7 Å². The molecular formula is C13H23N3O3. The van der Waals surface area contributed by atoms with Crippen molar-refractivity contribution in [2.75, 3.05) is 6.54 Å². The first kappa shape index (κ1) is 14.1. The minimum absolute atomic E-state index is 0.0915. The fourth-order valence-corrected chi connectivity index (χ4v) is 2.75. The van der Waals surface area contributed by atoms with Gasteiger partial charge >= 0.3 is 6.09 Å². The van der Waals surface area contributed by atoms with Gasteiger partial charge in [0.2, 0.25) is 5.91 Å². The number of hydrogen-bond donors (Lipinski definition) is 2. The summed E-state index contributed by atoms with van der Waals surface area (Å²) < 4.78 is 5.44. The van der Waals surface area contributed by atoms with Crippen LogP contribution in [0.2, 0.25) is 0 Å². The number of carbonyl (C=O) groups excluding carboxylic acids is 2. The first-order valence-corrected chi connectivity index (χ1v) is 6.78. The zero-order chi connectivity index (χ0) is 14.3. The molecule has 1 saturated carbocycles. The van der Waals surface area contributed by atoms with Crippen LogP contribution in [-0.4, -0.2) is 34.6 Å². The van der Waals surface area contributed by atoms with Gasteiger partial charge in [-0.05, 0) is 46.5 Å². The number of nitrogens with two attached hydrogens (primary N) is 1. The second-order valence-corrected chi connectivity index (χ2v) is 6.55. The van der Waals surface area contributed by atoms with Crippen LogP contribution >= 0.6 is 0 Å². The predicted molar refractivity (Wildman–Crippen MR) is 70.0 cm³/mol. The lowest BCUT2D eigenvalue weighted by atomic mass is 9.88. The minimum atomic E-state index is -0.487. The van der Waals surface area contributed by atoms with Crippen LogP contribution in [0.15, 0.2) is 0 Å². The van der Waals surface area contributed by atoms with Crippen LogP contribution in [0.25, 0.3) is 0 Å². The lowest BCUT2D eigenvalue weighted by Crippen LogP contribution is -2.52. The third kappa shape index (κ3) is 3.00. The predicted octanol–water partition coefficient (Wildman–Crippen LogP) is 1.16. The Labute approximate surface area is 113 Å². The van der Waals surface area contributed by atoms with Crippen molar-refractivity contribution in [3.05, 3.63) is 0 Å². The minimum Gasteiger partial charge on any atom is -0.444 e. The smallest absolute Gasteiger partial charge is 0.410 e. The number of ether oxygens (including phenoxy) is 1. The number of nitrogens with zero attached hydrogens (tertiary/aromatic N) is 1. The summed E-state index contributed by atoms with van der Waals surface area (Å²) in [6.45, 7) is 6.14. The van der Waals surface area contributed by atoms with Crippen LogP contribution in [0, 0.1) is 5.92 Å². The van der Waals surface area contributed by atoms with Crippen molar-refractivity contribution in [2.45, 2.75) is 57.6 Å². The van der Waals surface area contributed by atoms with E-state index >= 15 is 0 Å². The summed E-state index contributed by atoms with van der Waals surface area (Å²) >= 11 is 0. The Balaban J connectivity index is 2.02. The van der Waals surface area contributed by atoms with E-state index in [-0.39, 0.29) is 23.5 Å². The molecule has 1 heterocycles. The van der Waals surface area contributed by atoms with Crippen molar-refractivity contribution in [1.82, 2.24) is 10.3 Å². The number of likely N-dealkylation sites (tertiary alicyclic amines) is 1. The monoisotopic (exact) mass is 269 g/mol. The highest BCUT2D eigenvalue weighted by molar-refractivity contribution is 5.79. The highest BCUT2D eigenvalue weighted by Crippen LogP contribution is 2.50. The summed E-state index contributed by atoms with van der Waals surface area (Å²) in [5.74, 6) is 4.96. The van der Waals surface area contributed by atoms with E-state index < -0.39 is 5.60 Å². The Hall–Kier alpha value is -1.30. The molecule has 1 aliphatic heterocycles. The second-order valence-electron chi connectivity index (χ2n) is 6.55. The van der Waals surface area contributed by atoms with Gasteiger partial charge in [0.05, 0.1) is 0 Å². The van der Waals surface area contributed by atoms with E-state index in [9.17, 15) is 9.59 Å². The Morgan fingerprint density at radius 1 is 1.37 bits per heavy atom. The molecule has 1 atom stereocenters. The molecule has 6 heteroatoms. The van der Waals surface area contributed by atoms with E-state index in [1.54, 1.807) is 4.90 Å². The first-order chi connectivity index (χ1) is 8.77. The van der Waals surface area contributed by atoms with Crippen LogP contribution in [0.3, 0.4) is 0 Å². The molecule has 19 heavy (non-hydrogen) atoms. The third-order valence-electron chi connectivity index (χ3n) is 3.85. The molecule has 6 nitrogen and oxygen atoms in total. The summed E-state index contributed by atoms with van der Waals surface area (Å²) in [7, 11) is 0. The highest BCUT2D eigenvalue weighted by Gasteiger charge is 2.55. The van der Waals surface area contributed by atoms with Gasteiger partial charge in [0.15, 0.2) is 0 Å². The average Bonchev–Trinajstić information content (AvgIpc) is 3.05. The Morgan fingerprint density at radius 2 is 2.00 bits per heavy atom. The Bertz CT molecular complexity index is 385. The molecule has 0 aromatic carbocycles. The van der Waals surface area contributed by atoms with E-state index in [4.69, 9.17) is 10.6 Å². The van der Waals surface area contributed by atoms with Gasteiger partial charge in [-0.25, -0.2) is 10.6 Å². The number of hydrazine groups is 1. The third-order valence-corrected chi connectivity index (χ3v) is 3.85. The van der Waals surface area contributed by atoms with Crippen LogP contribution in [0.5, 0.6) is 0 Å². The summed E-state index contributed by atoms with van der Waals surface area (Å²) in [6, 6.07) is 0. The van der Waals surface area contributed by atoms with Crippen LogP contribution in [-0.2, 0) is 9.53 Å². The van der Waals surface area contributed by atoms with Crippen LogP contribution in [0.4, 0.5) is 4.79 Å². The molecule has 2 fully saturated rings. The zero-order valence-corrected chi connectivity index (χ0v) is 11.9. The SMILES string of the molecule is CC(C)(C)OC(=O)N1CCC(C(=O)NN)CC12CC2. The van der Waals surface area contributed by atoms with Crippen LogP contribution in [0.1, 0.15) is 46.5 Å². The van der Waals surface area contributed by atoms with E-state index in [0.29, 0.717) is 19.4 Å². The first-order valence-electron chi connectivity index (χ1n) is 6.78. The molecule has 3 N–H and O–H groups in total. The van der Waals surface area contributed by atoms with E-state index in [2.05, 4.69) is 5.43 Å². The molecule has 2 rings (SSSR count). The van der Waals surface area contributed by atoms with Crippen molar-refractivity contribution < 1.29 is 14.3 Å². The number of amides is 2.